The summed E-state index contributed by atoms with van der Waals surface area (Å²) >= 11 is 7.38. The number of hydrogen-bond donors (Lipinski definition) is 2. The fraction of sp³-hybridized carbons (Fsp3) is 0.526. The number of sulfonamides is 1. The van der Waals surface area contributed by atoms with Gasteiger partial charge in [0.15, 0.2) is 0 Å². The predicted molar refractivity (Wildman–Crippen MR) is 118 cm³/mol. The first kappa shape index (κ1) is 23.1. The highest BCUT2D eigenvalue weighted by Gasteiger charge is 2.28. The van der Waals surface area contributed by atoms with Crippen LogP contribution in [-0.2, 0) is 20.2 Å². The Bertz CT molecular complexity index is 1010. The van der Waals surface area contributed by atoms with Crippen molar-refractivity contribution in [1.29, 1.82) is 0 Å². The van der Waals surface area contributed by atoms with E-state index in [1.165, 1.54) is 28.2 Å². The average Bonchev–Trinajstić information content (AvgIpc) is 3.18. The normalized spacial score (nSPS) is 15.9. The first-order chi connectivity index (χ1) is 14.1. The Morgan fingerprint density at radius 3 is 2.60 bits per heavy atom. The molecule has 1 aliphatic rings. The van der Waals surface area contributed by atoms with E-state index in [-0.39, 0.29) is 27.0 Å². The number of anilines is 1. The molecular weight excluding hydrogens is 446 g/mol. The van der Waals surface area contributed by atoms with Crippen molar-refractivity contribution >= 4 is 45.0 Å². The molecule has 0 radical (unpaired) electrons. The number of nitrogens with one attached hydrogen (secondary N) is 2. The fourth-order valence-electron chi connectivity index (χ4n) is 3.00. The Morgan fingerprint density at radius 1 is 1.27 bits per heavy atom. The van der Waals surface area contributed by atoms with Crippen LogP contribution in [0.4, 0.5) is 5.69 Å². The van der Waals surface area contributed by atoms with E-state index in [0.29, 0.717) is 23.9 Å². The number of benzene rings is 1. The average molecular weight is 472 g/mol. The molecule has 11 heteroatoms. The van der Waals surface area contributed by atoms with Crippen LogP contribution < -0.4 is 5.32 Å². The van der Waals surface area contributed by atoms with Crippen LogP contribution in [0.2, 0.25) is 5.02 Å². The van der Waals surface area contributed by atoms with Gasteiger partial charge < -0.3 is 5.32 Å². The summed E-state index contributed by atoms with van der Waals surface area (Å²) in [5.41, 5.74) is 0.221. The zero-order valence-electron chi connectivity index (χ0n) is 17.2. The highest BCUT2D eigenvalue weighted by atomic mass is 35.5. The summed E-state index contributed by atoms with van der Waals surface area (Å²) in [5, 5.41) is 10.3. The fourth-order valence-corrected chi connectivity index (χ4v) is 5.61. The lowest BCUT2D eigenvalue weighted by molar-refractivity contribution is -0.113. The van der Waals surface area contributed by atoms with Gasteiger partial charge in [0.25, 0.3) is 0 Å². The van der Waals surface area contributed by atoms with Crippen LogP contribution in [0, 0.1) is 0 Å². The number of amides is 1. The molecule has 0 bridgehead atoms. The van der Waals surface area contributed by atoms with Crippen molar-refractivity contribution in [3.8, 4) is 0 Å². The van der Waals surface area contributed by atoms with Gasteiger partial charge in [0, 0.05) is 24.2 Å². The zero-order valence-corrected chi connectivity index (χ0v) is 19.6. The van der Waals surface area contributed by atoms with Gasteiger partial charge in [-0.15, -0.1) is 5.10 Å². The zero-order chi connectivity index (χ0) is 21.9. The molecule has 0 saturated carbocycles. The van der Waals surface area contributed by atoms with Gasteiger partial charge in [-0.1, -0.05) is 50.6 Å². The van der Waals surface area contributed by atoms with Gasteiger partial charge in [-0.25, -0.2) is 13.4 Å². The van der Waals surface area contributed by atoms with Crippen molar-refractivity contribution in [1.82, 2.24) is 19.5 Å². The molecule has 30 heavy (non-hydrogen) atoms. The maximum atomic E-state index is 12.9. The molecule has 2 heterocycles. The third-order valence-corrected chi connectivity index (χ3v) is 7.88. The molecule has 1 fully saturated rings. The summed E-state index contributed by atoms with van der Waals surface area (Å²) in [4.78, 5) is 16.7. The second-order valence-electron chi connectivity index (χ2n) is 8.16. The number of aromatic nitrogens is 3. The van der Waals surface area contributed by atoms with E-state index in [1.54, 1.807) is 6.07 Å². The van der Waals surface area contributed by atoms with Gasteiger partial charge in [-0.05, 0) is 31.0 Å². The predicted octanol–water partition coefficient (Wildman–Crippen LogP) is 3.66. The third kappa shape index (κ3) is 5.54. The summed E-state index contributed by atoms with van der Waals surface area (Å²) in [7, 11) is -3.70. The molecule has 1 aliphatic heterocycles. The van der Waals surface area contributed by atoms with E-state index >= 15 is 0 Å². The smallest absolute Gasteiger partial charge is 0.244 e. The number of rotatable bonds is 6. The van der Waals surface area contributed by atoms with Crippen molar-refractivity contribution in [2.24, 2.45) is 0 Å². The minimum absolute atomic E-state index is 0.0142. The molecule has 2 aromatic rings. The summed E-state index contributed by atoms with van der Waals surface area (Å²) in [5.74, 6) is 0.555. The number of hydrogen-bond acceptors (Lipinski definition) is 6. The molecule has 1 amide bonds. The first-order valence-corrected chi connectivity index (χ1v) is 12.5. The first-order valence-electron chi connectivity index (χ1n) is 9.72. The lowest BCUT2D eigenvalue weighted by Gasteiger charge is -2.26. The standard InChI is InChI=1S/C19H26ClN5O3S2/c1-19(2,3)17-22-18(24-23-17)29-12-16(26)21-13-7-8-14(20)15(11-13)30(27,28)25-9-5-4-6-10-25/h7-8,11H,4-6,9-10,12H2,1-3H3,(H,21,26)(H,22,23,24). The van der Waals surface area contributed by atoms with Crippen LogP contribution in [-0.4, -0.2) is 52.7 Å². The molecule has 0 atom stereocenters. The SMILES string of the molecule is CC(C)(C)c1nc(SCC(=O)Nc2ccc(Cl)c(S(=O)(=O)N3CCCCC3)c2)n[nH]1. The van der Waals surface area contributed by atoms with Gasteiger partial charge >= 0.3 is 0 Å². The molecule has 164 valence electrons. The second kappa shape index (κ2) is 9.25. The topological polar surface area (TPSA) is 108 Å². The molecule has 3 rings (SSSR count). The number of carbonyl (C=O) groups is 1. The third-order valence-electron chi connectivity index (χ3n) is 4.66. The Labute approximate surface area is 186 Å². The van der Waals surface area contributed by atoms with E-state index in [1.807, 2.05) is 20.8 Å². The number of aromatic amines is 1. The maximum Gasteiger partial charge on any atom is 0.244 e. The van der Waals surface area contributed by atoms with Crippen LogP contribution in [0.15, 0.2) is 28.3 Å². The van der Waals surface area contributed by atoms with Crippen LogP contribution in [0.25, 0.3) is 0 Å². The summed E-state index contributed by atoms with van der Waals surface area (Å²) < 4.78 is 27.3. The highest BCUT2D eigenvalue weighted by Crippen LogP contribution is 2.29. The van der Waals surface area contributed by atoms with E-state index < -0.39 is 10.0 Å². The Hall–Kier alpha value is -1.62. The number of thioether (sulfide) groups is 1. The van der Waals surface area contributed by atoms with Crippen LogP contribution in [0.3, 0.4) is 0 Å². The molecule has 1 aromatic heterocycles. The van der Waals surface area contributed by atoms with Crippen molar-refractivity contribution < 1.29 is 13.2 Å². The van der Waals surface area contributed by atoms with Gasteiger partial charge in [0.1, 0.15) is 10.7 Å². The lowest BCUT2D eigenvalue weighted by atomic mass is 9.96. The molecule has 1 aromatic carbocycles. The monoisotopic (exact) mass is 471 g/mol. The van der Waals surface area contributed by atoms with Crippen LogP contribution in [0.1, 0.15) is 45.9 Å². The Kier molecular flexibility index (Phi) is 7.11. The summed E-state index contributed by atoms with van der Waals surface area (Å²) in [6.07, 6.45) is 2.70. The minimum atomic E-state index is -3.70. The number of nitrogens with zero attached hydrogens (tertiary/aromatic N) is 3. The molecular formula is C19H26ClN5O3S2. The van der Waals surface area contributed by atoms with Crippen LogP contribution in [0.5, 0.6) is 0 Å². The van der Waals surface area contributed by atoms with E-state index in [4.69, 9.17) is 11.6 Å². The second-order valence-corrected chi connectivity index (χ2v) is 11.4. The number of piperidine rings is 1. The Balaban J connectivity index is 1.66. The number of H-pyrrole nitrogens is 1. The van der Waals surface area contributed by atoms with Crippen molar-refractivity contribution in [3.05, 3.63) is 29.0 Å². The molecule has 1 saturated heterocycles. The quantitative estimate of drug-likeness (QED) is 0.622. The summed E-state index contributed by atoms with van der Waals surface area (Å²) in [6, 6.07) is 4.50. The van der Waals surface area contributed by atoms with Gasteiger partial charge in [-0.2, -0.15) is 4.31 Å². The highest BCUT2D eigenvalue weighted by molar-refractivity contribution is 7.99. The van der Waals surface area contributed by atoms with Gasteiger partial charge in [0.05, 0.1) is 10.8 Å². The van der Waals surface area contributed by atoms with Crippen molar-refractivity contribution in [3.63, 3.8) is 0 Å². The van der Waals surface area contributed by atoms with Crippen molar-refractivity contribution in [2.45, 2.75) is 55.5 Å². The lowest BCUT2D eigenvalue weighted by Crippen LogP contribution is -2.35. The van der Waals surface area contributed by atoms with Crippen LogP contribution >= 0.6 is 23.4 Å². The summed E-state index contributed by atoms with van der Waals surface area (Å²) in [6.45, 7) is 7.03. The van der Waals surface area contributed by atoms with E-state index in [0.717, 1.165) is 25.1 Å². The van der Waals surface area contributed by atoms with Crippen molar-refractivity contribution in [2.75, 3.05) is 24.2 Å². The molecule has 8 nitrogen and oxygen atoms in total. The number of carbonyl (C=O) groups excluding carboxylic acids is 1. The largest absolute Gasteiger partial charge is 0.325 e. The van der Waals surface area contributed by atoms with E-state index in [9.17, 15) is 13.2 Å². The molecule has 2 N–H and O–H groups in total. The molecule has 0 aliphatic carbocycles. The van der Waals surface area contributed by atoms with Gasteiger partial charge in [-0.3, -0.25) is 9.89 Å². The minimum Gasteiger partial charge on any atom is -0.325 e. The van der Waals surface area contributed by atoms with Gasteiger partial charge in [0.2, 0.25) is 21.1 Å². The number of halogens is 1. The molecule has 0 unspecified atom stereocenters. The Morgan fingerprint density at radius 2 is 1.97 bits per heavy atom. The van der Waals surface area contributed by atoms with E-state index in [2.05, 4.69) is 20.5 Å². The maximum absolute atomic E-state index is 12.9. The molecule has 0 spiro atoms.